The van der Waals surface area contributed by atoms with Crippen molar-refractivity contribution in [1.82, 2.24) is 0 Å². The molecule has 0 saturated carbocycles. The van der Waals surface area contributed by atoms with Crippen LogP contribution in [-0.2, 0) is 19.1 Å². The molecule has 6 nitrogen and oxygen atoms in total. The third-order valence-corrected chi connectivity index (χ3v) is 1.36. The Labute approximate surface area is 81.4 Å². The van der Waals surface area contributed by atoms with Crippen LogP contribution in [0.15, 0.2) is 0 Å². The van der Waals surface area contributed by atoms with Crippen LogP contribution in [-0.4, -0.2) is 47.6 Å². The molecule has 0 fully saturated rings. The van der Waals surface area contributed by atoms with Crippen LogP contribution in [0.3, 0.4) is 0 Å². The normalized spacial score (nSPS) is 14.3. The SMILES string of the molecule is CC(=O)OC[C@@H](O)[C@H](O)COC(C)=O. The molecule has 0 heterocycles. The topological polar surface area (TPSA) is 93.1 Å². The van der Waals surface area contributed by atoms with E-state index in [1.54, 1.807) is 0 Å². The molecule has 2 N–H and O–H groups in total. The summed E-state index contributed by atoms with van der Waals surface area (Å²) < 4.78 is 8.88. The molecule has 0 radical (unpaired) electrons. The molecule has 0 aliphatic heterocycles. The van der Waals surface area contributed by atoms with Gasteiger partial charge in [0.1, 0.15) is 25.4 Å². The summed E-state index contributed by atoms with van der Waals surface area (Å²) in [7, 11) is 0. The summed E-state index contributed by atoms with van der Waals surface area (Å²) in [6.45, 7) is 1.73. The molecule has 0 aliphatic carbocycles. The number of rotatable bonds is 5. The van der Waals surface area contributed by atoms with Gasteiger partial charge in [0.25, 0.3) is 0 Å². The van der Waals surface area contributed by atoms with Gasteiger partial charge in [0, 0.05) is 13.8 Å². The molecule has 2 atom stereocenters. The van der Waals surface area contributed by atoms with Crippen LogP contribution in [0.25, 0.3) is 0 Å². The second kappa shape index (κ2) is 6.33. The predicted molar refractivity (Wildman–Crippen MR) is 45.3 cm³/mol. The summed E-state index contributed by atoms with van der Waals surface area (Å²) in [5.74, 6) is -1.10. The molecule has 0 unspecified atom stereocenters. The molecule has 0 aromatic rings. The molecule has 0 aliphatic rings. The Bertz CT molecular complexity index is 180. The van der Waals surface area contributed by atoms with Crippen molar-refractivity contribution in [2.24, 2.45) is 0 Å². The highest BCUT2D eigenvalue weighted by Gasteiger charge is 2.18. The van der Waals surface area contributed by atoms with E-state index in [1.807, 2.05) is 0 Å². The smallest absolute Gasteiger partial charge is 0.302 e. The largest absolute Gasteiger partial charge is 0.463 e. The molecule has 0 saturated heterocycles. The van der Waals surface area contributed by atoms with E-state index in [9.17, 15) is 9.59 Å². The summed E-state index contributed by atoms with van der Waals surface area (Å²) in [6.07, 6.45) is -2.50. The van der Waals surface area contributed by atoms with Gasteiger partial charge in [0.2, 0.25) is 0 Å². The summed E-state index contributed by atoms with van der Waals surface area (Å²) in [5, 5.41) is 18.3. The summed E-state index contributed by atoms with van der Waals surface area (Å²) in [5.41, 5.74) is 0. The van der Waals surface area contributed by atoms with Gasteiger partial charge in [0.05, 0.1) is 0 Å². The van der Waals surface area contributed by atoms with Crippen molar-refractivity contribution in [3.8, 4) is 0 Å². The summed E-state index contributed by atoms with van der Waals surface area (Å²) in [6, 6.07) is 0. The van der Waals surface area contributed by atoms with Gasteiger partial charge in [-0.05, 0) is 0 Å². The first-order chi connectivity index (χ1) is 6.43. The van der Waals surface area contributed by atoms with Crippen LogP contribution in [0, 0.1) is 0 Å². The highest BCUT2D eigenvalue weighted by atomic mass is 16.6. The number of carbonyl (C=O) groups excluding carboxylic acids is 2. The summed E-state index contributed by atoms with van der Waals surface area (Å²) >= 11 is 0. The van der Waals surface area contributed by atoms with Crippen molar-refractivity contribution in [2.45, 2.75) is 26.1 Å². The van der Waals surface area contributed by atoms with E-state index in [1.165, 1.54) is 13.8 Å². The van der Waals surface area contributed by atoms with Crippen LogP contribution in [0.5, 0.6) is 0 Å². The van der Waals surface area contributed by atoms with Gasteiger partial charge in [-0.25, -0.2) is 0 Å². The highest BCUT2D eigenvalue weighted by molar-refractivity contribution is 5.66. The molecule has 0 rings (SSSR count). The number of hydrogen-bond donors (Lipinski definition) is 2. The van der Waals surface area contributed by atoms with E-state index in [4.69, 9.17) is 10.2 Å². The Hall–Kier alpha value is -1.14. The fraction of sp³-hybridized carbons (Fsp3) is 0.750. The molecule has 14 heavy (non-hydrogen) atoms. The summed E-state index contributed by atoms with van der Waals surface area (Å²) in [4.78, 5) is 20.7. The monoisotopic (exact) mass is 206 g/mol. The van der Waals surface area contributed by atoms with Crippen molar-refractivity contribution in [3.05, 3.63) is 0 Å². The zero-order valence-corrected chi connectivity index (χ0v) is 8.10. The molecule has 0 amide bonds. The first kappa shape index (κ1) is 12.9. The van der Waals surface area contributed by atoms with Gasteiger partial charge < -0.3 is 19.7 Å². The second-order valence-corrected chi connectivity index (χ2v) is 2.74. The molecule has 0 aromatic heterocycles. The lowest BCUT2D eigenvalue weighted by molar-refractivity contribution is -0.153. The molecular formula is C8H14O6. The fourth-order valence-corrected chi connectivity index (χ4v) is 0.628. The molecule has 0 aromatic carbocycles. The van der Waals surface area contributed by atoms with E-state index in [0.717, 1.165) is 0 Å². The van der Waals surface area contributed by atoms with Gasteiger partial charge in [-0.1, -0.05) is 0 Å². The molecule has 6 heteroatoms. The maximum atomic E-state index is 10.3. The lowest BCUT2D eigenvalue weighted by atomic mass is 10.2. The fourth-order valence-electron chi connectivity index (χ4n) is 0.628. The van der Waals surface area contributed by atoms with Crippen molar-refractivity contribution in [1.29, 1.82) is 0 Å². The Morgan fingerprint density at radius 1 is 1.00 bits per heavy atom. The lowest BCUT2D eigenvalue weighted by Crippen LogP contribution is -2.35. The van der Waals surface area contributed by atoms with E-state index in [-0.39, 0.29) is 13.2 Å². The Morgan fingerprint density at radius 3 is 1.50 bits per heavy atom. The number of aliphatic hydroxyl groups excluding tert-OH is 2. The number of carbonyl (C=O) groups is 2. The minimum absolute atomic E-state index is 0.322. The first-order valence-corrected chi connectivity index (χ1v) is 4.06. The number of ether oxygens (including phenoxy) is 2. The van der Waals surface area contributed by atoms with E-state index < -0.39 is 24.1 Å². The van der Waals surface area contributed by atoms with Crippen LogP contribution in [0.1, 0.15) is 13.8 Å². The van der Waals surface area contributed by atoms with Crippen molar-refractivity contribution in [3.63, 3.8) is 0 Å². The lowest BCUT2D eigenvalue weighted by Gasteiger charge is -2.16. The maximum absolute atomic E-state index is 10.3. The van der Waals surface area contributed by atoms with Gasteiger partial charge in [-0.3, -0.25) is 9.59 Å². The van der Waals surface area contributed by atoms with Crippen molar-refractivity contribution >= 4 is 11.9 Å². The highest BCUT2D eigenvalue weighted by Crippen LogP contribution is 1.96. The standard InChI is InChI=1S/C8H14O6/c1-5(9)13-3-7(11)8(12)4-14-6(2)10/h7-8,11-12H,3-4H2,1-2H3/t7-,8-/m1/s1. The molecule has 0 spiro atoms. The first-order valence-electron chi connectivity index (χ1n) is 4.06. The van der Waals surface area contributed by atoms with Gasteiger partial charge in [0.15, 0.2) is 0 Å². The predicted octanol–water partition coefficient (Wildman–Crippen LogP) is -1.17. The van der Waals surface area contributed by atoms with Gasteiger partial charge in [-0.2, -0.15) is 0 Å². The molecule has 82 valence electrons. The molecule has 0 bridgehead atoms. The van der Waals surface area contributed by atoms with Crippen molar-refractivity contribution < 1.29 is 29.3 Å². The Morgan fingerprint density at radius 2 is 1.29 bits per heavy atom. The molecular weight excluding hydrogens is 192 g/mol. The zero-order chi connectivity index (χ0) is 11.1. The average molecular weight is 206 g/mol. The number of hydrogen-bond acceptors (Lipinski definition) is 6. The van der Waals surface area contributed by atoms with Crippen LogP contribution in [0.4, 0.5) is 0 Å². The van der Waals surface area contributed by atoms with E-state index in [0.29, 0.717) is 0 Å². The Kier molecular flexibility index (Phi) is 5.82. The maximum Gasteiger partial charge on any atom is 0.302 e. The average Bonchev–Trinajstić information content (AvgIpc) is 2.09. The quantitative estimate of drug-likeness (QED) is 0.551. The van der Waals surface area contributed by atoms with Gasteiger partial charge >= 0.3 is 11.9 Å². The minimum Gasteiger partial charge on any atom is -0.463 e. The van der Waals surface area contributed by atoms with Crippen LogP contribution < -0.4 is 0 Å². The Balaban J connectivity index is 3.69. The number of esters is 2. The zero-order valence-electron chi connectivity index (χ0n) is 8.10. The van der Waals surface area contributed by atoms with Crippen molar-refractivity contribution in [2.75, 3.05) is 13.2 Å². The minimum atomic E-state index is -1.25. The van der Waals surface area contributed by atoms with E-state index >= 15 is 0 Å². The third kappa shape index (κ3) is 6.38. The number of aliphatic hydroxyl groups is 2. The van der Waals surface area contributed by atoms with Gasteiger partial charge in [-0.15, -0.1) is 0 Å². The van der Waals surface area contributed by atoms with E-state index in [2.05, 4.69) is 9.47 Å². The van der Waals surface area contributed by atoms with Crippen LogP contribution >= 0.6 is 0 Å². The second-order valence-electron chi connectivity index (χ2n) is 2.74. The van der Waals surface area contributed by atoms with Crippen LogP contribution in [0.2, 0.25) is 0 Å². The third-order valence-electron chi connectivity index (χ3n) is 1.36.